The highest BCUT2D eigenvalue weighted by molar-refractivity contribution is 5.45. The minimum absolute atomic E-state index is 0.0542. The van der Waals surface area contributed by atoms with Crippen molar-refractivity contribution in [2.45, 2.75) is 38.3 Å². The second kappa shape index (κ2) is 6.67. The molecule has 0 amide bonds. The molecule has 0 spiro atoms. The molecule has 25 heavy (non-hydrogen) atoms. The van der Waals surface area contributed by atoms with E-state index in [1.54, 1.807) is 7.11 Å². The van der Waals surface area contributed by atoms with Crippen LogP contribution in [0.25, 0.3) is 0 Å². The first-order valence-electron chi connectivity index (χ1n) is 9.11. The fourth-order valence-electron chi connectivity index (χ4n) is 4.13. The van der Waals surface area contributed by atoms with Crippen LogP contribution < -0.4 is 9.64 Å². The number of para-hydroxylation sites is 1. The first kappa shape index (κ1) is 16.4. The lowest BCUT2D eigenvalue weighted by Crippen LogP contribution is -2.26. The first-order chi connectivity index (χ1) is 12.2. The van der Waals surface area contributed by atoms with Crippen LogP contribution >= 0.6 is 0 Å². The standard InChI is InChI=1S/C19H26N4O2/c1-13-10-12-25-17(13)18-20-21-19(22(18)2)23-11-6-8-15(23)14-7-4-5-9-16(14)24-3/h4-5,7,9,13,15,17H,6,8,10-12H2,1-3H3/t13-,15?,17+/m0/s1. The fraction of sp³-hybridized carbons (Fsp3) is 0.579. The summed E-state index contributed by atoms with van der Waals surface area (Å²) in [7, 11) is 3.79. The third kappa shape index (κ3) is 2.78. The number of anilines is 1. The van der Waals surface area contributed by atoms with Gasteiger partial charge in [-0.25, -0.2) is 0 Å². The van der Waals surface area contributed by atoms with Gasteiger partial charge in [-0.15, -0.1) is 10.2 Å². The SMILES string of the molecule is COc1ccccc1C1CCCN1c1nnc([C@@H]2OCC[C@@H]2C)n1C. The van der Waals surface area contributed by atoms with Gasteiger partial charge >= 0.3 is 0 Å². The molecule has 1 aromatic carbocycles. The summed E-state index contributed by atoms with van der Waals surface area (Å²) < 4.78 is 13.6. The van der Waals surface area contributed by atoms with E-state index in [9.17, 15) is 0 Å². The van der Waals surface area contributed by atoms with E-state index < -0.39 is 0 Å². The van der Waals surface area contributed by atoms with Crippen LogP contribution in [0, 0.1) is 5.92 Å². The molecule has 0 radical (unpaired) electrons. The zero-order valence-electron chi connectivity index (χ0n) is 15.2. The van der Waals surface area contributed by atoms with Crippen LogP contribution in [-0.4, -0.2) is 35.0 Å². The second-order valence-corrected chi connectivity index (χ2v) is 7.07. The van der Waals surface area contributed by atoms with Gasteiger partial charge in [0.05, 0.1) is 13.2 Å². The van der Waals surface area contributed by atoms with Gasteiger partial charge in [-0.1, -0.05) is 25.1 Å². The normalized spacial score (nSPS) is 26.4. The Labute approximate surface area is 148 Å². The van der Waals surface area contributed by atoms with E-state index in [1.807, 2.05) is 12.1 Å². The molecule has 0 N–H and O–H groups in total. The number of benzene rings is 1. The van der Waals surface area contributed by atoms with Crippen LogP contribution in [0.3, 0.4) is 0 Å². The van der Waals surface area contributed by atoms with E-state index in [0.29, 0.717) is 5.92 Å². The number of nitrogens with zero attached hydrogens (tertiary/aromatic N) is 4. The lowest BCUT2D eigenvalue weighted by molar-refractivity contribution is 0.0848. The maximum absolute atomic E-state index is 5.89. The Balaban J connectivity index is 1.66. The number of methoxy groups -OCH3 is 1. The molecular weight excluding hydrogens is 316 g/mol. The molecule has 6 nitrogen and oxygen atoms in total. The number of ether oxygens (including phenoxy) is 2. The molecule has 3 atom stereocenters. The molecule has 3 heterocycles. The summed E-state index contributed by atoms with van der Waals surface area (Å²) in [4.78, 5) is 2.36. The quantitative estimate of drug-likeness (QED) is 0.854. The number of hydrogen-bond acceptors (Lipinski definition) is 5. The van der Waals surface area contributed by atoms with E-state index in [0.717, 1.165) is 49.9 Å². The number of aromatic nitrogens is 3. The van der Waals surface area contributed by atoms with Crippen molar-refractivity contribution in [3.05, 3.63) is 35.7 Å². The molecule has 2 saturated heterocycles. The Morgan fingerprint density at radius 2 is 2.04 bits per heavy atom. The van der Waals surface area contributed by atoms with Crippen LogP contribution in [0.1, 0.15) is 49.7 Å². The monoisotopic (exact) mass is 342 g/mol. The van der Waals surface area contributed by atoms with E-state index in [4.69, 9.17) is 9.47 Å². The molecule has 6 heteroatoms. The molecule has 2 aromatic rings. The van der Waals surface area contributed by atoms with Gasteiger partial charge in [-0.2, -0.15) is 0 Å². The van der Waals surface area contributed by atoms with Crippen molar-refractivity contribution in [3.8, 4) is 5.75 Å². The average Bonchev–Trinajstić information content (AvgIpc) is 3.34. The van der Waals surface area contributed by atoms with Crippen molar-refractivity contribution in [2.24, 2.45) is 13.0 Å². The van der Waals surface area contributed by atoms with Gasteiger partial charge in [0, 0.05) is 25.8 Å². The molecule has 0 bridgehead atoms. The van der Waals surface area contributed by atoms with E-state index in [2.05, 4.69) is 45.8 Å². The largest absolute Gasteiger partial charge is 0.496 e. The minimum Gasteiger partial charge on any atom is -0.496 e. The first-order valence-corrected chi connectivity index (χ1v) is 9.11. The van der Waals surface area contributed by atoms with Crippen LogP contribution in [0.5, 0.6) is 5.75 Å². The Hall–Kier alpha value is -2.08. The summed E-state index contributed by atoms with van der Waals surface area (Å²) >= 11 is 0. The maximum Gasteiger partial charge on any atom is 0.227 e. The lowest BCUT2D eigenvalue weighted by atomic mass is 10.0. The van der Waals surface area contributed by atoms with Gasteiger partial charge in [-0.05, 0) is 31.2 Å². The highest BCUT2D eigenvalue weighted by Crippen LogP contribution is 2.40. The topological polar surface area (TPSA) is 52.4 Å². The van der Waals surface area contributed by atoms with Crippen molar-refractivity contribution in [3.63, 3.8) is 0 Å². The number of hydrogen-bond donors (Lipinski definition) is 0. The molecular formula is C19H26N4O2. The van der Waals surface area contributed by atoms with Crippen LogP contribution in [-0.2, 0) is 11.8 Å². The summed E-state index contributed by atoms with van der Waals surface area (Å²) in [5.41, 5.74) is 1.22. The molecule has 0 saturated carbocycles. The van der Waals surface area contributed by atoms with Crippen molar-refractivity contribution >= 4 is 5.95 Å². The predicted molar refractivity (Wildman–Crippen MR) is 95.8 cm³/mol. The van der Waals surface area contributed by atoms with E-state index >= 15 is 0 Å². The fourth-order valence-corrected chi connectivity index (χ4v) is 4.13. The zero-order valence-corrected chi connectivity index (χ0v) is 15.2. The smallest absolute Gasteiger partial charge is 0.227 e. The summed E-state index contributed by atoms with van der Waals surface area (Å²) in [5, 5.41) is 9.00. The highest BCUT2D eigenvalue weighted by atomic mass is 16.5. The second-order valence-electron chi connectivity index (χ2n) is 7.07. The van der Waals surface area contributed by atoms with Gasteiger partial charge in [0.2, 0.25) is 5.95 Å². The molecule has 0 aliphatic carbocycles. The van der Waals surface area contributed by atoms with Gasteiger partial charge in [-0.3, -0.25) is 4.57 Å². The summed E-state index contributed by atoms with van der Waals surface area (Å²) in [5.74, 6) is 3.28. The summed E-state index contributed by atoms with van der Waals surface area (Å²) in [6.07, 6.45) is 3.37. The summed E-state index contributed by atoms with van der Waals surface area (Å²) in [6, 6.07) is 8.54. The van der Waals surface area contributed by atoms with E-state index in [1.165, 1.54) is 5.56 Å². The average molecular weight is 342 g/mol. The van der Waals surface area contributed by atoms with Gasteiger partial charge in [0.15, 0.2) is 5.82 Å². The molecule has 1 aromatic heterocycles. The molecule has 1 unspecified atom stereocenters. The van der Waals surface area contributed by atoms with Crippen molar-refractivity contribution in [1.29, 1.82) is 0 Å². The molecule has 2 aliphatic heterocycles. The third-order valence-electron chi connectivity index (χ3n) is 5.54. The molecule has 2 fully saturated rings. The van der Waals surface area contributed by atoms with E-state index in [-0.39, 0.29) is 12.1 Å². The molecule has 2 aliphatic rings. The van der Waals surface area contributed by atoms with Crippen LogP contribution in [0.2, 0.25) is 0 Å². The van der Waals surface area contributed by atoms with Crippen molar-refractivity contribution in [2.75, 3.05) is 25.2 Å². The van der Waals surface area contributed by atoms with Crippen molar-refractivity contribution < 1.29 is 9.47 Å². The van der Waals surface area contributed by atoms with Crippen LogP contribution in [0.4, 0.5) is 5.95 Å². The molecule has 4 rings (SSSR count). The minimum atomic E-state index is 0.0542. The zero-order chi connectivity index (χ0) is 17.4. The highest BCUT2D eigenvalue weighted by Gasteiger charge is 2.35. The number of rotatable bonds is 4. The summed E-state index contributed by atoms with van der Waals surface area (Å²) in [6.45, 7) is 4.01. The van der Waals surface area contributed by atoms with Crippen LogP contribution in [0.15, 0.2) is 24.3 Å². The van der Waals surface area contributed by atoms with Gasteiger partial charge in [0.25, 0.3) is 0 Å². The predicted octanol–water partition coefficient (Wildman–Crippen LogP) is 3.26. The molecule has 134 valence electrons. The maximum atomic E-state index is 5.89. The van der Waals surface area contributed by atoms with Gasteiger partial charge < -0.3 is 14.4 Å². The Morgan fingerprint density at radius 1 is 1.20 bits per heavy atom. The Morgan fingerprint density at radius 3 is 2.80 bits per heavy atom. The lowest BCUT2D eigenvalue weighted by Gasteiger charge is -2.27. The third-order valence-corrected chi connectivity index (χ3v) is 5.54. The van der Waals surface area contributed by atoms with Crippen molar-refractivity contribution in [1.82, 2.24) is 14.8 Å². The Kier molecular flexibility index (Phi) is 4.37. The van der Waals surface area contributed by atoms with Gasteiger partial charge in [0.1, 0.15) is 11.9 Å². The Bertz CT molecular complexity index is 745.